The van der Waals surface area contributed by atoms with Crippen LogP contribution in [-0.2, 0) is 11.2 Å². The van der Waals surface area contributed by atoms with Crippen LogP contribution in [0.1, 0.15) is 57.4 Å². The van der Waals surface area contributed by atoms with Gasteiger partial charge < -0.3 is 5.11 Å². The first-order valence-electron chi connectivity index (χ1n) is 8.75. The molecule has 3 aliphatic carbocycles. The monoisotopic (exact) mass is 272 g/mol. The van der Waals surface area contributed by atoms with E-state index in [0.717, 1.165) is 38.5 Å². The van der Waals surface area contributed by atoms with Gasteiger partial charge in [-0.25, -0.2) is 0 Å². The number of hydrogen-bond donors (Lipinski definition) is 1. The first kappa shape index (κ1) is 10.4. The molecule has 2 heteroatoms. The fourth-order valence-electron chi connectivity index (χ4n) is 5.26. The lowest BCUT2D eigenvalue weighted by Crippen LogP contribution is -2.42. The van der Waals surface area contributed by atoms with E-state index in [1.807, 2.05) is 12.1 Å². The van der Waals surface area contributed by atoms with E-state index < -0.39 is 0 Å². The molecular formula is C18H22O2. The summed E-state index contributed by atoms with van der Waals surface area (Å²) in [5.41, 5.74) is 2.43. The van der Waals surface area contributed by atoms with E-state index in [2.05, 4.69) is 12.0 Å². The summed E-state index contributed by atoms with van der Waals surface area (Å²) in [5.74, 6) is 2.42. The molecule has 0 unspecified atom stereocenters. The first-order valence-corrected chi connectivity index (χ1v) is 7.84. The number of benzene rings is 1. The molecule has 0 heterocycles. The summed E-state index contributed by atoms with van der Waals surface area (Å²) in [5, 5.41) is 4.56. The number of aryl methyl sites for hydroxylation is 1. The van der Waals surface area contributed by atoms with Crippen molar-refractivity contribution in [3.8, 4) is 5.75 Å². The van der Waals surface area contributed by atoms with Crippen LogP contribution in [0.25, 0.3) is 0 Å². The number of aromatic hydroxyl groups is 1. The number of carbonyl (C=O) groups excluding carboxylic acids is 1. The third-order valence-corrected chi connectivity index (χ3v) is 6.34. The van der Waals surface area contributed by atoms with Crippen LogP contribution in [0, 0.1) is 17.3 Å². The zero-order valence-electron chi connectivity index (χ0n) is 13.9. The van der Waals surface area contributed by atoms with Crippen molar-refractivity contribution in [1.29, 1.82) is 1.43 Å². The molecule has 2 saturated carbocycles. The maximum atomic E-state index is 12.3. The maximum absolute atomic E-state index is 12.3. The van der Waals surface area contributed by atoms with Gasteiger partial charge in [0.2, 0.25) is 0 Å². The normalized spacial score (nSPS) is 40.2. The predicted molar refractivity (Wildman–Crippen MR) is 77.7 cm³/mol. The lowest BCUT2D eigenvalue weighted by Gasteiger charge is -2.48. The largest absolute Gasteiger partial charge is 0.508 e. The molecule has 20 heavy (non-hydrogen) atoms. The first-order chi connectivity index (χ1) is 10.5. The van der Waals surface area contributed by atoms with E-state index in [9.17, 15) is 4.79 Å². The summed E-state index contributed by atoms with van der Waals surface area (Å²) >= 11 is 0. The number of phenols is 1. The molecule has 0 saturated heterocycles. The average molecular weight is 272 g/mol. The molecule has 0 amide bonds. The van der Waals surface area contributed by atoms with E-state index in [4.69, 9.17) is 2.80 Å². The van der Waals surface area contributed by atoms with Gasteiger partial charge in [0.25, 0.3) is 1.43 Å². The molecule has 106 valence electrons. The molecule has 0 aliphatic heterocycles. The van der Waals surface area contributed by atoms with E-state index >= 15 is 0 Å². The van der Waals surface area contributed by atoms with Crippen molar-refractivity contribution in [3.05, 3.63) is 29.3 Å². The van der Waals surface area contributed by atoms with Crippen LogP contribution in [0.15, 0.2) is 18.2 Å². The summed E-state index contributed by atoms with van der Waals surface area (Å²) in [6.45, 7) is 2.19. The molecule has 1 aromatic rings. The van der Waals surface area contributed by atoms with Gasteiger partial charge in [-0.2, -0.15) is 0 Å². The molecule has 0 aromatic heterocycles. The number of fused-ring (bicyclic) bond motifs is 5. The third kappa shape index (κ3) is 1.54. The highest BCUT2D eigenvalue weighted by molar-refractivity contribution is 5.87. The predicted octanol–water partition coefficient (Wildman–Crippen LogP) is 3.82. The van der Waals surface area contributed by atoms with Crippen LogP contribution in [-0.4, -0.2) is 12.3 Å². The second kappa shape index (κ2) is 4.09. The van der Waals surface area contributed by atoms with Crippen LogP contribution >= 0.6 is 0 Å². The van der Waals surface area contributed by atoms with Crippen molar-refractivity contribution in [3.63, 3.8) is 0 Å². The smallest absolute Gasteiger partial charge is 0.293 e. The molecule has 4 rings (SSSR count). The summed E-state index contributed by atoms with van der Waals surface area (Å²) < 4.78 is 15.1. The topological polar surface area (TPSA) is 37.3 Å². The van der Waals surface area contributed by atoms with Crippen molar-refractivity contribution >= 4 is 5.78 Å². The second-order valence-electron chi connectivity index (χ2n) is 7.11. The second-order valence-corrected chi connectivity index (χ2v) is 7.11. The van der Waals surface area contributed by atoms with Gasteiger partial charge in [-0.05, 0) is 73.1 Å². The van der Waals surface area contributed by atoms with Crippen LogP contribution in [0.3, 0.4) is 0 Å². The van der Waals surface area contributed by atoms with E-state index in [1.54, 1.807) is 0 Å². The number of rotatable bonds is 1. The molecular weight excluding hydrogens is 248 g/mol. The van der Waals surface area contributed by atoms with Gasteiger partial charge in [0, 0.05) is 11.8 Å². The molecule has 0 radical (unpaired) electrons. The molecule has 4 atom stereocenters. The molecule has 1 aromatic carbocycles. The van der Waals surface area contributed by atoms with E-state index in [1.165, 1.54) is 11.1 Å². The lowest BCUT2D eigenvalue weighted by molar-refractivity contribution is -0.129. The van der Waals surface area contributed by atoms with Crippen molar-refractivity contribution in [2.24, 2.45) is 17.3 Å². The minimum atomic E-state index is -0.0906. The highest BCUT2D eigenvalue weighted by atomic mass is 16.3. The summed E-state index contributed by atoms with van der Waals surface area (Å²) in [4.78, 5) is 12.3. The molecule has 0 bridgehead atoms. The van der Waals surface area contributed by atoms with Crippen molar-refractivity contribution in [1.82, 2.24) is 0 Å². The highest BCUT2D eigenvalue weighted by Gasteiger charge is 2.54. The number of Topliss-reactive ketones (excluding diaryl/α,β-unsaturated/α-hetero) is 1. The zero-order chi connectivity index (χ0) is 15.5. The van der Waals surface area contributed by atoms with Gasteiger partial charge >= 0.3 is 0 Å². The molecule has 1 N–H and O–H groups in total. The quantitative estimate of drug-likeness (QED) is 0.844. The van der Waals surface area contributed by atoms with Crippen molar-refractivity contribution in [2.45, 2.75) is 51.4 Å². The lowest BCUT2D eigenvalue weighted by atomic mass is 9.55. The van der Waals surface area contributed by atoms with E-state index in [-0.39, 0.29) is 5.41 Å². The maximum Gasteiger partial charge on any atom is 0.293 e. The highest BCUT2D eigenvalue weighted by Crippen LogP contribution is 2.59. The van der Waals surface area contributed by atoms with Crippen LogP contribution < -0.4 is 0 Å². The van der Waals surface area contributed by atoms with Crippen molar-refractivity contribution < 1.29 is 11.3 Å². The number of ketones is 1. The Morgan fingerprint density at radius 1 is 1.40 bits per heavy atom. The SMILES string of the molecule is [2H]Oc1cc2c(cc1[2H])[C@H]1CC[C@]3(C)C(=O)CC[C@H]3[C@@H]1CC2. The van der Waals surface area contributed by atoms with Gasteiger partial charge in [0.1, 0.15) is 11.5 Å². The Balaban J connectivity index is 1.73. The summed E-state index contributed by atoms with van der Waals surface area (Å²) in [7, 11) is 0. The standard InChI is InChI=1S/C18H22O2/c1-18-9-8-14-13-5-3-12(19)10-11(13)2-4-15(14)16(18)6-7-17(18)20/h3,5,10,14-16,19H,2,4,6-9H2,1H3/t14-,15-,16+,18+/m1/s1/i3D/hD. The summed E-state index contributed by atoms with van der Waals surface area (Å²) in [6, 6.07) is 4.11. The Morgan fingerprint density at radius 3 is 3.15 bits per heavy atom. The van der Waals surface area contributed by atoms with Crippen LogP contribution in [0.5, 0.6) is 5.75 Å². The Bertz CT molecular complexity index is 642. The summed E-state index contributed by atoms with van der Waals surface area (Å²) in [6.07, 6.45) is 5.95. The minimum Gasteiger partial charge on any atom is -0.508 e. The number of carbonyl (C=O) groups is 1. The Morgan fingerprint density at radius 2 is 2.30 bits per heavy atom. The number of hydrogen-bond acceptors (Lipinski definition) is 2. The zero-order valence-corrected chi connectivity index (χ0v) is 11.9. The Hall–Kier alpha value is -1.31. The van der Waals surface area contributed by atoms with Gasteiger partial charge in [0.05, 0.1) is 1.37 Å². The Labute approximate surface area is 123 Å². The fraction of sp³-hybridized carbons (Fsp3) is 0.611. The van der Waals surface area contributed by atoms with Crippen LogP contribution in [0.4, 0.5) is 0 Å². The fourth-order valence-corrected chi connectivity index (χ4v) is 5.26. The van der Waals surface area contributed by atoms with Gasteiger partial charge in [-0.1, -0.05) is 13.0 Å². The minimum absolute atomic E-state index is 0.0906. The number of phenolic OH excluding ortho intramolecular Hbond substituents is 1. The van der Waals surface area contributed by atoms with Gasteiger partial charge in [-0.15, -0.1) is 0 Å². The van der Waals surface area contributed by atoms with Gasteiger partial charge in [-0.3, -0.25) is 4.79 Å². The van der Waals surface area contributed by atoms with E-state index in [0.29, 0.717) is 35.3 Å². The van der Waals surface area contributed by atoms with Crippen LogP contribution in [0.2, 0.25) is 0 Å². The Kier molecular flexibility index (Phi) is 2.13. The molecule has 0 spiro atoms. The average Bonchev–Trinajstić information content (AvgIpc) is 2.82. The molecule has 2 nitrogen and oxygen atoms in total. The molecule has 2 fully saturated rings. The van der Waals surface area contributed by atoms with Gasteiger partial charge in [0.15, 0.2) is 0 Å². The third-order valence-electron chi connectivity index (χ3n) is 6.34. The van der Waals surface area contributed by atoms with Crippen molar-refractivity contribution in [2.75, 3.05) is 0 Å². The molecule has 3 aliphatic rings.